The van der Waals surface area contributed by atoms with Gasteiger partial charge < -0.3 is 15.3 Å². The number of benzene rings is 2. The van der Waals surface area contributed by atoms with Crippen LogP contribution in [0.1, 0.15) is 12.0 Å². The Morgan fingerprint density at radius 3 is 2.61 bits per heavy atom. The number of aryl methyl sites for hydroxylation is 1. The van der Waals surface area contributed by atoms with Gasteiger partial charge in [0.2, 0.25) is 5.91 Å². The Labute approximate surface area is 134 Å². The highest BCUT2D eigenvalue weighted by Crippen LogP contribution is 2.31. The smallest absolute Gasteiger partial charge is 0.217 e. The molecular weight excluding hydrogens is 290 g/mol. The second-order valence-electron chi connectivity index (χ2n) is 5.40. The van der Waals surface area contributed by atoms with Crippen LogP contribution in [0.3, 0.4) is 0 Å². The van der Waals surface area contributed by atoms with Crippen molar-refractivity contribution in [3.05, 3.63) is 66.6 Å². The number of hydrogen-bond donors (Lipinski definition) is 2. The van der Waals surface area contributed by atoms with Crippen molar-refractivity contribution in [3.63, 3.8) is 0 Å². The molecule has 0 atom stereocenters. The lowest BCUT2D eigenvalue weighted by Gasteiger charge is -2.12. The zero-order valence-corrected chi connectivity index (χ0v) is 12.5. The molecule has 0 aliphatic carbocycles. The number of carbonyl (C=O) groups excluding carboxylic acids is 1. The van der Waals surface area contributed by atoms with Gasteiger partial charge in [-0.15, -0.1) is 0 Å². The number of nitrogens with two attached hydrogens (primary N) is 1. The molecule has 0 aliphatic heterocycles. The summed E-state index contributed by atoms with van der Waals surface area (Å²) in [6.07, 6.45) is 4.13. The summed E-state index contributed by atoms with van der Waals surface area (Å²) in [4.78, 5) is 11.2. The van der Waals surface area contributed by atoms with Gasteiger partial charge in [-0.1, -0.05) is 30.3 Å². The van der Waals surface area contributed by atoms with Gasteiger partial charge in [0, 0.05) is 12.0 Å². The lowest BCUT2D eigenvalue weighted by atomic mass is 9.93. The number of phenolic OH excluding ortho intramolecular Hbond substituents is 1. The van der Waals surface area contributed by atoms with Crippen LogP contribution >= 0.6 is 0 Å². The molecule has 4 nitrogen and oxygen atoms in total. The Bertz CT molecular complexity index is 822. The van der Waals surface area contributed by atoms with Gasteiger partial charge in [-0.25, -0.2) is 0 Å². The van der Waals surface area contributed by atoms with E-state index in [0.29, 0.717) is 6.42 Å². The van der Waals surface area contributed by atoms with Gasteiger partial charge in [0.25, 0.3) is 0 Å². The molecule has 0 fully saturated rings. The predicted molar refractivity (Wildman–Crippen MR) is 88.8 cm³/mol. The lowest BCUT2D eigenvalue weighted by Crippen LogP contribution is -2.11. The van der Waals surface area contributed by atoms with E-state index in [1.165, 1.54) is 0 Å². The van der Waals surface area contributed by atoms with Crippen molar-refractivity contribution in [2.75, 3.05) is 0 Å². The summed E-state index contributed by atoms with van der Waals surface area (Å²) in [5.74, 6) is -0.122. The quantitative estimate of drug-likeness (QED) is 0.754. The molecular formula is C19H17NO3. The molecule has 3 N–H and O–H groups in total. The molecule has 23 heavy (non-hydrogen) atoms. The van der Waals surface area contributed by atoms with Crippen molar-refractivity contribution in [1.82, 2.24) is 0 Å². The normalized spacial score (nSPS) is 10.6. The third-order valence-corrected chi connectivity index (χ3v) is 3.76. The van der Waals surface area contributed by atoms with E-state index < -0.39 is 0 Å². The highest BCUT2D eigenvalue weighted by atomic mass is 16.3. The number of hydrogen-bond acceptors (Lipinski definition) is 3. The summed E-state index contributed by atoms with van der Waals surface area (Å²) in [5.41, 5.74) is 10.2. The number of carbonyl (C=O) groups is 1. The summed E-state index contributed by atoms with van der Waals surface area (Å²) in [6, 6.07) is 15.0. The predicted octanol–water partition coefficient (Wildman–Crippen LogP) is 3.74. The summed E-state index contributed by atoms with van der Waals surface area (Å²) in [6.45, 7) is 0. The molecule has 0 unspecified atom stereocenters. The molecule has 0 aliphatic rings. The minimum Gasteiger partial charge on any atom is -0.508 e. The van der Waals surface area contributed by atoms with Gasteiger partial charge in [0.15, 0.2) is 0 Å². The van der Waals surface area contributed by atoms with E-state index in [4.69, 9.17) is 10.2 Å². The fourth-order valence-electron chi connectivity index (χ4n) is 2.62. The van der Waals surface area contributed by atoms with Crippen molar-refractivity contribution in [2.45, 2.75) is 12.8 Å². The van der Waals surface area contributed by atoms with Gasteiger partial charge in [0.1, 0.15) is 5.75 Å². The molecule has 0 radical (unpaired) electrons. The van der Waals surface area contributed by atoms with Gasteiger partial charge in [0.05, 0.1) is 12.5 Å². The zero-order chi connectivity index (χ0) is 16.2. The molecule has 116 valence electrons. The highest BCUT2D eigenvalue weighted by Gasteiger charge is 2.10. The number of aromatic hydroxyl groups is 1. The Kier molecular flexibility index (Phi) is 4.15. The van der Waals surface area contributed by atoms with Crippen molar-refractivity contribution < 1.29 is 14.3 Å². The van der Waals surface area contributed by atoms with Crippen LogP contribution in [0.2, 0.25) is 0 Å². The minimum atomic E-state index is -0.333. The monoisotopic (exact) mass is 307 g/mol. The van der Waals surface area contributed by atoms with Crippen molar-refractivity contribution in [2.24, 2.45) is 5.73 Å². The van der Waals surface area contributed by atoms with Crippen molar-refractivity contribution in [3.8, 4) is 28.0 Å². The standard InChI is InChI=1S/C19H17NO3/c20-19(22)7-5-15-10-13(16-8-9-23-12-16)4-6-18(15)14-2-1-3-17(21)11-14/h1-4,6,8-12,21H,5,7H2,(H2,20,22). The van der Waals surface area contributed by atoms with Crippen molar-refractivity contribution >= 4 is 5.91 Å². The maximum atomic E-state index is 11.2. The Morgan fingerprint density at radius 2 is 1.91 bits per heavy atom. The minimum absolute atomic E-state index is 0.210. The second-order valence-corrected chi connectivity index (χ2v) is 5.40. The van der Waals surface area contributed by atoms with Gasteiger partial charge >= 0.3 is 0 Å². The molecule has 0 saturated carbocycles. The number of furan rings is 1. The Morgan fingerprint density at radius 1 is 1.04 bits per heavy atom. The van der Waals surface area contributed by atoms with E-state index in [1.54, 1.807) is 30.7 Å². The molecule has 1 amide bonds. The van der Waals surface area contributed by atoms with Crippen LogP contribution in [-0.4, -0.2) is 11.0 Å². The fourth-order valence-corrected chi connectivity index (χ4v) is 2.62. The van der Waals surface area contributed by atoms with E-state index in [9.17, 15) is 9.90 Å². The van der Waals surface area contributed by atoms with E-state index in [2.05, 4.69) is 0 Å². The molecule has 0 bridgehead atoms. The van der Waals surface area contributed by atoms with E-state index >= 15 is 0 Å². The average molecular weight is 307 g/mol. The summed E-state index contributed by atoms with van der Waals surface area (Å²) in [7, 11) is 0. The van der Waals surface area contributed by atoms with E-state index in [-0.39, 0.29) is 18.1 Å². The van der Waals surface area contributed by atoms with Crippen LogP contribution in [0.5, 0.6) is 5.75 Å². The summed E-state index contributed by atoms with van der Waals surface area (Å²) in [5, 5.41) is 9.70. The Balaban J connectivity index is 2.05. The van der Waals surface area contributed by atoms with Crippen LogP contribution < -0.4 is 5.73 Å². The number of amides is 1. The number of primary amides is 1. The topological polar surface area (TPSA) is 76.5 Å². The molecule has 3 aromatic rings. The summed E-state index contributed by atoms with van der Waals surface area (Å²) >= 11 is 0. The third-order valence-electron chi connectivity index (χ3n) is 3.76. The molecule has 1 heterocycles. The molecule has 1 aromatic heterocycles. The van der Waals surface area contributed by atoms with Crippen LogP contribution in [0, 0.1) is 0 Å². The first-order chi connectivity index (χ1) is 11.1. The Hall–Kier alpha value is -3.01. The first-order valence-corrected chi connectivity index (χ1v) is 7.37. The second kappa shape index (κ2) is 6.40. The van der Waals surface area contributed by atoms with Crippen LogP contribution in [0.4, 0.5) is 0 Å². The maximum Gasteiger partial charge on any atom is 0.217 e. The molecule has 3 rings (SSSR count). The first kappa shape index (κ1) is 14.9. The molecule has 4 heteroatoms. The molecule has 0 saturated heterocycles. The number of phenols is 1. The van der Waals surface area contributed by atoms with Gasteiger partial charge in [-0.05, 0) is 46.9 Å². The summed E-state index contributed by atoms with van der Waals surface area (Å²) < 4.78 is 5.13. The van der Waals surface area contributed by atoms with Gasteiger partial charge in [-0.2, -0.15) is 0 Å². The molecule has 2 aromatic carbocycles. The zero-order valence-electron chi connectivity index (χ0n) is 12.5. The van der Waals surface area contributed by atoms with Crippen molar-refractivity contribution in [1.29, 1.82) is 0 Å². The van der Waals surface area contributed by atoms with Crippen LogP contribution in [-0.2, 0) is 11.2 Å². The lowest BCUT2D eigenvalue weighted by molar-refractivity contribution is -0.117. The van der Waals surface area contributed by atoms with Gasteiger partial charge in [-0.3, -0.25) is 4.79 Å². The van der Waals surface area contributed by atoms with Crippen LogP contribution in [0.25, 0.3) is 22.3 Å². The van der Waals surface area contributed by atoms with E-state index in [0.717, 1.165) is 27.8 Å². The first-order valence-electron chi connectivity index (χ1n) is 7.37. The highest BCUT2D eigenvalue weighted by molar-refractivity contribution is 5.77. The van der Waals surface area contributed by atoms with E-state index in [1.807, 2.05) is 30.3 Å². The fraction of sp³-hybridized carbons (Fsp3) is 0.105. The maximum absolute atomic E-state index is 11.2. The largest absolute Gasteiger partial charge is 0.508 e. The number of rotatable bonds is 5. The van der Waals surface area contributed by atoms with Crippen LogP contribution in [0.15, 0.2) is 65.5 Å². The SMILES string of the molecule is NC(=O)CCc1cc(-c2ccoc2)ccc1-c1cccc(O)c1. The average Bonchev–Trinajstić information content (AvgIpc) is 3.07. The third kappa shape index (κ3) is 3.43. The molecule has 0 spiro atoms.